The third kappa shape index (κ3) is 22.5. The van der Waals surface area contributed by atoms with Crippen LogP contribution in [0.5, 0.6) is 0 Å². The van der Waals surface area contributed by atoms with Crippen LogP contribution in [-0.2, 0) is 4.79 Å². The molecule has 0 aliphatic carbocycles. The fourth-order valence-corrected chi connectivity index (χ4v) is 0.285. The SMILES string of the molecule is C.C=CC.CC.CC(C)C(N)C(=O)O. The quantitative estimate of drug-likeness (QED) is 0.681. The Morgan fingerprint density at radius 2 is 1.64 bits per heavy atom. The number of carboxylic acids is 1. The molecule has 1 atom stereocenters. The van der Waals surface area contributed by atoms with Gasteiger partial charge < -0.3 is 10.8 Å². The van der Waals surface area contributed by atoms with E-state index in [1.165, 1.54) is 0 Å². The van der Waals surface area contributed by atoms with Gasteiger partial charge in [-0.1, -0.05) is 41.2 Å². The Kier molecular flexibility index (Phi) is 29.9. The molecule has 1 unspecified atom stereocenters. The van der Waals surface area contributed by atoms with Crippen molar-refractivity contribution in [1.29, 1.82) is 0 Å². The lowest BCUT2D eigenvalue weighted by atomic mass is 10.1. The van der Waals surface area contributed by atoms with E-state index >= 15 is 0 Å². The van der Waals surface area contributed by atoms with Crippen LogP contribution in [-0.4, -0.2) is 17.1 Å². The zero-order valence-corrected chi connectivity index (χ0v) is 9.37. The van der Waals surface area contributed by atoms with Gasteiger partial charge in [0.05, 0.1) is 0 Å². The van der Waals surface area contributed by atoms with Gasteiger partial charge in [-0.25, -0.2) is 0 Å². The molecule has 0 spiro atoms. The number of aliphatic carboxylic acids is 1. The first-order valence-corrected chi connectivity index (χ1v) is 4.52. The highest BCUT2D eigenvalue weighted by atomic mass is 16.4. The summed E-state index contributed by atoms with van der Waals surface area (Å²) in [6.07, 6.45) is 1.75. The molecule has 0 fully saturated rings. The molecule has 0 bridgehead atoms. The van der Waals surface area contributed by atoms with Crippen LogP contribution in [0.1, 0.15) is 42.0 Å². The minimum absolute atomic E-state index is 0. The van der Waals surface area contributed by atoms with Crippen molar-refractivity contribution in [2.45, 2.75) is 48.1 Å². The van der Waals surface area contributed by atoms with E-state index < -0.39 is 12.0 Å². The molecule has 0 saturated heterocycles. The van der Waals surface area contributed by atoms with Gasteiger partial charge >= 0.3 is 5.97 Å². The van der Waals surface area contributed by atoms with Gasteiger partial charge in [0.2, 0.25) is 0 Å². The van der Waals surface area contributed by atoms with Crippen molar-refractivity contribution in [3.8, 4) is 0 Å². The molecule has 14 heavy (non-hydrogen) atoms. The van der Waals surface area contributed by atoms with Crippen LogP contribution in [0, 0.1) is 5.92 Å². The standard InChI is InChI=1S/C5H11NO2.C3H6.C2H6.CH4/c1-3(2)4(6)5(7)8;1-3-2;1-2;/h3-4H,6H2,1-2H3,(H,7,8);3H,1H2,2H3;1-2H3;1H4. The van der Waals surface area contributed by atoms with E-state index in [4.69, 9.17) is 10.8 Å². The van der Waals surface area contributed by atoms with E-state index in [0.29, 0.717) is 0 Å². The van der Waals surface area contributed by atoms with E-state index in [0.717, 1.165) is 0 Å². The second-order valence-corrected chi connectivity index (χ2v) is 2.52. The third-order valence-electron chi connectivity index (χ3n) is 1.00. The molecule has 0 aliphatic heterocycles. The molecule has 0 aromatic heterocycles. The molecule has 0 aromatic carbocycles. The molecule has 0 rings (SSSR count). The maximum Gasteiger partial charge on any atom is 0.320 e. The maximum absolute atomic E-state index is 10.0. The zero-order valence-electron chi connectivity index (χ0n) is 9.37. The molecular weight excluding hydrogens is 178 g/mol. The number of hydrogen-bond acceptors (Lipinski definition) is 2. The normalized spacial score (nSPS) is 9.36. The monoisotopic (exact) mass is 205 g/mol. The summed E-state index contributed by atoms with van der Waals surface area (Å²) in [5.41, 5.74) is 5.16. The molecular formula is C11H27NO2. The summed E-state index contributed by atoms with van der Waals surface area (Å²) in [5.74, 6) is -0.910. The van der Waals surface area contributed by atoms with Crippen molar-refractivity contribution in [3.05, 3.63) is 12.7 Å². The number of hydrogen-bond donors (Lipinski definition) is 2. The largest absolute Gasteiger partial charge is 0.480 e. The summed E-state index contributed by atoms with van der Waals surface area (Å²) in [6.45, 7) is 12.8. The number of carboxylic acid groups (broad SMARTS) is 1. The highest BCUT2D eigenvalue weighted by Crippen LogP contribution is 1.96. The van der Waals surface area contributed by atoms with Crippen molar-refractivity contribution in [3.63, 3.8) is 0 Å². The van der Waals surface area contributed by atoms with Gasteiger partial charge in [0.1, 0.15) is 6.04 Å². The number of allylic oxidation sites excluding steroid dienone is 1. The van der Waals surface area contributed by atoms with Gasteiger partial charge in [-0.2, -0.15) is 0 Å². The maximum atomic E-state index is 10.0. The first-order chi connectivity index (χ1) is 5.97. The predicted octanol–water partition coefficient (Wildman–Crippen LogP) is 2.91. The number of carbonyl (C=O) groups is 1. The second kappa shape index (κ2) is 18.1. The van der Waals surface area contributed by atoms with E-state index in [1.54, 1.807) is 19.9 Å². The Balaban J connectivity index is -0.0000000716. The van der Waals surface area contributed by atoms with Crippen LogP contribution < -0.4 is 5.73 Å². The molecule has 3 N–H and O–H groups in total. The molecule has 0 saturated carbocycles. The average molecular weight is 205 g/mol. The fraction of sp³-hybridized carbons (Fsp3) is 0.727. The minimum Gasteiger partial charge on any atom is -0.480 e. The van der Waals surface area contributed by atoms with E-state index in [2.05, 4.69) is 6.58 Å². The molecule has 0 heterocycles. The Morgan fingerprint density at radius 3 is 1.64 bits per heavy atom. The van der Waals surface area contributed by atoms with Gasteiger partial charge in [-0.3, -0.25) is 4.79 Å². The van der Waals surface area contributed by atoms with E-state index in [-0.39, 0.29) is 13.3 Å². The highest BCUT2D eigenvalue weighted by Gasteiger charge is 2.14. The van der Waals surface area contributed by atoms with Crippen LogP contribution in [0.3, 0.4) is 0 Å². The lowest BCUT2D eigenvalue weighted by molar-refractivity contribution is -0.139. The van der Waals surface area contributed by atoms with Gasteiger partial charge in [0.15, 0.2) is 0 Å². The molecule has 88 valence electrons. The van der Waals surface area contributed by atoms with Crippen molar-refractivity contribution in [1.82, 2.24) is 0 Å². The Morgan fingerprint density at radius 1 is 1.43 bits per heavy atom. The van der Waals surface area contributed by atoms with Gasteiger partial charge in [0.25, 0.3) is 0 Å². The van der Waals surface area contributed by atoms with Crippen molar-refractivity contribution < 1.29 is 9.90 Å². The van der Waals surface area contributed by atoms with Gasteiger partial charge in [-0.15, -0.1) is 6.58 Å². The van der Waals surface area contributed by atoms with Crippen molar-refractivity contribution in [2.24, 2.45) is 11.7 Å². The first-order valence-electron chi connectivity index (χ1n) is 4.52. The Labute approximate surface area is 89.0 Å². The first kappa shape index (κ1) is 23.2. The summed E-state index contributed by atoms with van der Waals surface area (Å²) < 4.78 is 0. The van der Waals surface area contributed by atoms with Crippen LogP contribution in [0.25, 0.3) is 0 Å². The minimum atomic E-state index is -0.931. The fourth-order valence-electron chi connectivity index (χ4n) is 0.285. The van der Waals surface area contributed by atoms with Crippen LogP contribution in [0.2, 0.25) is 0 Å². The third-order valence-corrected chi connectivity index (χ3v) is 1.00. The summed E-state index contributed by atoms with van der Waals surface area (Å²) in [6, 6.07) is -0.713. The second-order valence-electron chi connectivity index (χ2n) is 2.52. The molecule has 0 radical (unpaired) electrons. The van der Waals surface area contributed by atoms with Crippen molar-refractivity contribution in [2.75, 3.05) is 0 Å². The summed E-state index contributed by atoms with van der Waals surface area (Å²) in [7, 11) is 0. The number of nitrogens with two attached hydrogens (primary N) is 1. The molecule has 3 nitrogen and oxygen atoms in total. The summed E-state index contributed by atoms with van der Waals surface area (Å²) >= 11 is 0. The van der Waals surface area contributed by atoms with Gasteiger partial charge in [-0.05, 0) is 12.8 Å². The summed E-state index contributed by atoms with van der Waals surface area (Å²) in [5, 5.41) is 8.23. The smallest absolute Gasteiger partial charge is 0.320 e. The topological polar surface area (TPSA) is 63.3 Å². The lowest BCUT2D eigenvalue weighted by Gasteiger charge is -2.07. The van der Waals surface area contributed by atoms with Gasteiger partial charge in [0, 0.05) is 0 Å². The Hall–Kier alpha value is -0.830. The predicted molar refractivity (Wildman–Crippen MR) is 64.4 cm³/mol. The molecule has 3 heteroatoms. The van der Waals surface area contributed by atoms with Crippen molar-refractivity contribution >= 4 is 5.97 Å². The Bertz CT molecular complexity index is 122. The van der Waals surface area contributed by atoms with E-state index in [1.807, 2.05) is 20.8 Å². The average Bonchev–Trinajstić information content (AvgIpc) is 2.08. The van der Waals surface area contributed by atoms with Crippen LogP contribution in [0.15, 0.2) is 12.7 Å². The number of rotatable bonds is 2. The molecule has 0 aromatic rings. The van der Waals surface area contributed by atoms with Crippen LogP contribution >= 0.6 is 0 Å². The highest BCUT2D eigenvalue weighted by molar-refractivity contribution is 5.73. The van der Waals surface area contributed by atoms with Crippen LogP contribution in [0.4, 0.5) is 0 Å². The summed E-state index contributed by atoms with van der Waals surface area (Å²) in [4.78, 5) is 10.0. The molecule has 0 aliphatic rings. The van der Waals surface area contributed by atoms with E-state index in [9.17, 15) is 4.79 Å². The lowest BCUT2D eigenvalue weighted by Crippen LogP contribution is -2.34. The molecule has 0 amide bonds. The zero-order chi connectivity index (χ0) is 11.4.